The van der Waals surface area contributed by atoms with Crippen molar-refractivity contribution in [2.24, 2.45) is 5.73 Å². The number of aromatic hydroxyl groups is 1. The van der Waals surface area contributed by atoms with Crippen LogP contribution in [0.5, 0.6) is 5.75 Å². The molecular weight excluding hydrogens is 406 g/mol. The van der Waals surface area contributed by atoms with E-state index in [9.17, 15) is 5.11 Å². The van der Waals surface area contributed by atoms with Crippen molar-refractivity contribution >= 4 is 27.4 Å². The Kier molecular flexibility index (Phi) is 5.53. The molecule has 1 aliphatic rings. The zero-order valence-corrected chi connectivity index (χ0v) is 18.0. The zero-order chi connectivity index (χ0) is 21.2. The van der Waals surface area contributed by atoms with E-state index in [2.05, 4.69) is 10.3 Å². The largest absolute Gasteiger partial charge is 0.508 e. The number of nitrogens with zero attached hydrogens (tertiary/aromatic N) is 3. The normalized spacial score (nSPS) is 14.4. The monoisotopic (exact) mass is 431 g/mol. The van der Waals surface area contributed by atoms with Crippen molar-refractivity contribution in [2.45, 2.75) is 38.1 Å². The lowest BCUT2D eigenvalue weighted by Gasteiger charge is -2.16. The van der Waals surface area contributed by atoms with E-state index in [0.29, 0.717) is 18.8 Å². The average Bonchev–Trinajstić information content (AvgIpc) is 3.18. The number of thiophene rings is 1. The van der Waals surface area contributed by atoms with Crippen LogP contribution in [0.1, 0.15) is 28.8 Å². The van der Waals surface area contributed by atoms with Crippen LogP contribution in [-0.4, -0.2) is 32.6 Å². The Morgan fingerprint density at radius 2 is 1.87 bits per heavy atom. The highest BCUT2D eigenvalue weighted by atomic mass is 32.1. The molecule has 7 heteroatoms. The van der Waals surface area contributed by atoms with Crippen LogP contribution in [0.4, 0.5) is 5.82 Å². The van der Waals surface area contributed by atoms with Gasteiger partial charge in [0.15, 0.2) is 5.82 Å². The summed E-state index contributed by atoms with van der Waals surface area (Å²) in [7, 11) is 0. The molecule has 0 saturated heterocycles. The number of pyridine rings is 1. The molecule has 4 N–H and O–H groups in total. The van der Waals surface area contributed by atoms with Crippen molar-refractivity contribution in [2.75, 3.05) is 11.9 Å². The zero-order valence-electron chi connectivity index (χ0n) is 17.2. The van der Waals surface area contributed by atoms with Crippen molar-refractivity contribution < 1.29 is 5.11 Å². The standard InChI is InChI=1S/C24H25N5OS/c25-17(13-16-5-1-3-7-19(16)30)14-27-23-21-18-6-2-4-8-20(18)31-24(21)29-22(28-23)15-9-11-26-12-10-15/h1,3,5,7,9-12,17,30H,2,4,6,8,13-14,25H2,(H,27,28,29)/t17-/m0/s1. The molecule has 3 heterocycles. The van der Waals surface area contributed by atoms with Gasteiger partial charge in [0.1, 0.15) is 16.4 Å². The number of aromatic nitrogens is 3. The van der Waals surface area contributed by atoms with E-state index in [1.54, 1.807) is 29.8 Å². The summed E-state index contributed by atoms with van der Waals surface area (Å²) in [4.78, 5) is 16.4. The molecule has 0 aliphatic heterocycles. The first-order valence-corrected chi connectivity index (χ1v) is 11.5. The van der Waals surface area contributed by atoms with Crippen molar-refractivity contribution in [3.05, 3.63) is 64.8 Å². The van der Waals surface area contributed by atoms with E-state index in [1.807, 2.05) is 30.3 Å². The third-order valence-corrected chi connectivity index (χ3v) is 6.94. The molecule has 0 saturated carbocycles. The van der Waals surface area contributed by atoms with E-state index >= 15 is 0 Å². The van der Waals surface area contributed by atoms with Crippen LogP contribution in [0.25, 0.3) is 21.6 Å². The van der Waals surface area contributed by atoms with Crippen LogP contribution >= 0.6 is 11.3 Å². The van der Waals surface area contributed by atoms with Gasteiger partial charge in [-0.05, 0) is 61.4 Å². The number of rotatable bonds is 6. The predicted octanol–water partition coefficient (Wildman–Crippen LogP) is 4.32. The molecule has 0 bridgehead atoms. The molecule has 6 nitrogen and oxygen atoms in total. The lowest BCUT2D eigenvalue weighted by molar-refractivity contribution is 0.465. The van der Waals surface area contributed by atoms with Gasteiger partial charge in [-0.25, -0.2) is 9.97 Å². The molecule has 0 fully saturated rings. The maximum atomic E-state index is 10.1. The molecular formula is C24H25N5OS. The second-order valence-electron chi connectivity index (χ2n) is 8.00. The Morgan fingerprint density at radius 3 is 2.71 bits per heavy atom. The van der Waals surface area contributed by atoms with E-state index < -0.39 is 0 Å². The van der Waals surface area contributed by atoms with Gasteiger partial charge in [0, 0.05) is 35.4 Å². The van der Waals surface area contributed by atoms with Gasteiger partial charge in [-0.3, -0.25) is 4.98 Å². The number of phenolic OH excluding ortho intramolecular Hbond substituents is 1. The topological polar surface area (TPSA) is 97.0 Å². The molecule has 4 aromatic rings. The van der Waals surface area contributed by atoms with Crippen molar-refractivity contribution in [3.8, 4) is 17.1 Å². The lowest BCUT2D eigenvalue weighted by Crippen LogP contribution is -2.31. The van der Waals surface area contributed by atoms with Gasteiger partial charge in [-0.15, -0.1) is 11.3 Å². The van der Waals surface area contributed by atoms with Crippen molar-refractivity contribution in [1.82, 2.24) is 15.0 Å². The van der Waals surface area contributed by atoms with Gasteiger partial charge in [0.2, 0.25) is 0 Å². The Morgan fingerprint density at radius 1 is 1.06 bits per heavy atom. The van der Waals surface area contributed by atoms with Gasteiger partial charge in [-0.2, -0.15) is 0 Å². The molecule has 5 rings (SSSR count). The number of fused-ring (bicyclic) bond motifs is 3. The molecule has 0 spiro atoms. The minimum atomic E-state index is -0.155. The fourth-order valence-electron chi connectivity index (χ4n) is 4.18. The Balaban J connectivity index is 1.47. The third kappa shape index (κ3) is 4.11. The third-order valence-electron chi connectivity index (χ3n) is 5.76. The molecule has 158 valence electrons. The molecule has 31 heavy (non-hydrogen) atoms. The van der Waals surface area contributed by atoms with Crippen LogP contribution < -0.4 is 11.1 Å². The molecule has 1 aromatic carbocycles. The van der Waals surface area contributed by atoms with Gasteiger partial charge < -0.3 is 16.2 Å². The molecule has 0 radical (unpaired) electrons. The Labute approximate surface area is 185 Å². The highest BCUT2D eigenvalue weighted by molar-refractivity contribution is 7.19. The first-order valence-electron chi connectivity index (χ1n) is 10.7. The summed E-state index contributed by atoms with van der Waals surface area (Å²) < 4.78 is 0. The molecule has 3 aromatic heterocycles. The number of nitrogens with one attached hydrogen (secondary N) is 1. The van der Waals surface area contributed by atoms with Crippen LogP contribution in [0.2, 0.25) is 0 Å². The number of hydrogen-bond donors (Lipinski definition) is 3. The van der Waals surface area contributed by atoms with E-state index in [0.717, 1.165) is 40.0 Å². The number of benzene rings is 1. The number of para-hydroxylation sites is 1. The van der Waals surface area contributed by atoms with Gasteiger partial charge in [0.25, 0.3) is 0 Å². The minimum absolute atomic E-state index is 0.155. The number of hydrogen-bond acceptors (Lipinski definition) is 7. The van der Waals surface area contributed by atoms with Crippen molar-refractivity contribution in [1.29, 1.82) is 0 Å². The number of aryl methyl sites for hydroxylation is 2. The maximum absolute atomic E-state index is 10.1. The summed E-state index contributed by atoms with van der Waals surface area (Å²) in [6, 6.07) is 11.1. The van der Waals surface area contributed by atoms with Crippen LogP contribution in [0.3, 0.4) is 0 Å². The summed E-state index contributed by atoms with van der Waals surface area (Å²) in [5.41, 5.74) is 9.60. The van der Waals surface area contributed by atoms with E-state index in [4.69, 9.17) is 15.7 Å². The molecule has 1 aliphatic carbocycles. The molecule has 0 amide bonds. The van der Waals surface area contributed by atoms with Crippen LogP contribution in [-0.2, 0) is 19.3 Å². The summed E-state index contributed by atoms with van der Waals surface area (Å²) in [6.45, 7) is 0.556. The lowest BCUT2D eigenvalue weighted by atomic mass is 9.97. The fraction of sp³-hybridized carbons (Fsp3) is 0.292. The van der Waals surface area contributed by atoms with Crippen LogP contribution in [0, 0.1) is 0 Å². The Hall–Kier alpha value is -3.03. The summed E-state index contributed by atoms with van der Waals surface area (Å²) in [5, 5.41) is 14.7. The predicted molar refractivity (Wildman–Crippen MR) is 126 cm³/mol. The maximum Gasteiger partial charge on any atom is 0.163 e. The summed E-state index contributed by atoms with van der Waals surface area (Å²) in [6.07, 6.45) is 8.75. The smallest absolute Gasteiger partial charge is 0.163 e. The van der Waals surface area contributed by atoms with Gasteiger partial charge >= 0.3 is 0 Å². The Bertz CT molecular complexity index is 1210. The SMILES string of the molecule is N[C@H](CNc1nc(-c2ccncc2)nc2sc3c(c12)CCCC3)Cc1ccccc1O. The van der Waals surface area contributed by atoms with Gasteiger partial charge in [0.05, 0.1) is 5.39 Å². The molecule has 1 atom stereocenters. The first-order chi connectivity index (χ1) is 15.2. The number of anilines is 1. The van der Waals surface area contributed by atoms with Gasteiger partial charge in [-0.1, -0.05) is 18.2 Å². The van der Waals surface area contributed by atoms with E-state index in [-0.39, 0.29) is 11.8 Å². The highest BCUT2D eigenvalue weighted by Crippen LogP contribution is 2.39. The second-order valence-corrected chi connectivity index (χ2v) is 9.08. The average molecular weight is 432 g/mol. The first kappa shape index (κ1) is 19.9. The van der Waals surface area contributed by atoms with E-state index in [1.165, 1.54) is 23.3 Å². The molecule has 0 unspecified atom stereocenters. The minimum Gasteiger partial charge on any atom is -0.508 e. The highest BCUT2D eigenvalue weighted by Gasteiger charge is 2.22. The fourth-order valence-corrected chi connectivity index (χ4v) is 5.44. The van der Waals surface area contributed by atoms with Crippen molar-refractivity contribution in [3.63, 3.8) is 0 Å². The number of phenols is 1. The quantitative estimate of drug-likeness (QED) is 0.421. The summed E-state index contributed by atoms with van der Waals surface area (Å²) >= 11 is 1.79. The summed E-state index contributed by atoms with van der Waals surface area (Å²) in [5.74, 6) is 1.84. The number of nitrogens with two attached hydrogens (primary N) is 1. The second kappa shape index (κ2) is 8.61. The van der Waals surface area contributed by atoms with Crippen LogP contribution in [0.15, 0.2) is 48.8 Å².